The Hall–Kier alpha value is -3.79. The van der Waals surface area contributed by atoms with Crippen molar-refractivity contribution in [3.8, 4) is 0 Å². The molecule has 3 heterocycles. The second-order valence-electron chi connectivity index (χ2n) is 6.48. The number of hydrogen-bond acceptors (Lipinski definition) is 5. The van der Waals surface area contributed by atoms with Crippen molar-refractivity contribution in [2.45, 2.75) is 6.54 Å². The highest BCUT2D eigenvalue weighted by molar-refractivity contribution is 7.12. The highest BCUT2D eigenvalue weighted by atomic mass is 32.1. The largest absolute Gasteiger partial charge is 0.318 e. The molecule has 3 aromatic heterocycles. The van der Waals surface area contributed by atoms with Gasteiger partial charge in [-0.15, -0.1) is 11.3 Å². The summed E-state index contributed by atoms with van der Waals surface area (Å²) in [7, 11) is 1.64. The molecule has 0 fully saturated rings. The van der Waals surface area contributed by atoms with Crippen LogP contribution in [-0.2, 0) is 13.6 Å². The van der Waals surface area contributed by atoms with Gasteiger partial charge in [0, 0.05) is 19.3 Å². The number of hydrogen-bond donors (Lipinski definition) is 2. The number of benzene rings is 1. The topological polar surface area (TPSA) is 93.8 Å². The Bertz CT molecular complexity index is 1200. The van der Waals surface area contributed by atoms with Gasteiger partial charge in [0.1, 0.15) is 11.6 Å². The lowest BCUT2D eigenvalue weighted by Crippen LogP contribution is -2.13. The number of thiophene rings is 1. The summed E-state index contributed by atoms with van der Waals surface area (Å²) in [5.74, 6) is -0.614. The number of rotatable bonds is 6. The molecule has 1 aromatic carbocycles. The molecule has 152 valence electrons. The van der Waals surface area contributed by atoms with E-state index in [0.29, 0.717) is 22.9 Å². The zero-order chi connectivity index (χ0) is 21.1. The zero-order valence-electron chi connectivity index (χ0n) is 15.9. The molecule has 0 bridgehead atoms. The van der Waals surface area contributed by atoms with E-state index in [4.69, 9.17) is 0 Å². The van der Waals surface area contributed by atoms with E-state index in [-0.39, 0.29) is 17.4 Å². The van der Waals surface area contributed by atoms with Crippen LogP contribution >= 0.6 is 11.3 Å². The first-order chi connectivity index (χ1) is 14.5. The van der Waals surface area contributed by atoms with Gasteiger partial charge < -0.3 is 10.6 Å². The summed E-state index contributed by atoms with van der Waals surface area (Å²) in [5, 5.41) is 15.6. The minimum Gasteiger partial charge on any atom is -0.318 e. The van der Waals surface area contributed by atoms with E-state index in [9.17, 15) is 14.0 Å². The number of carbonyl (C=O) groups excluding carboxylic acids is 2. The van der Waals surface area contributed by atoms with Gasteiger partial charge in [-0.05, 0) is 29.1 Å². The molecule has 0 atom stereocenters. The first-order valence-electron chi connectivity index (χ1n) is 8.95. The van der Waals surface area contributed by atoms with Gasteiger partial charge in [-0.25, -0.2) is 4.39 Å². The number of carbonyl (C=O) groups is 2. The van der Waals surface area contributed by atoms with Gasteiger partial charge in [0.15, 0.2) is 5.69 Å². The summed E-state index contributed by atoms with van der Waals surface area (Å²) in [4.78, 5) is 25.3. The second kappa shape index (κ2) is 8.29. The van der Waals surface area contributed by atoms with E-state index in [1.165, 1.54) is 40.4 Å². The fourth-order valence-electron chi connectivity index (χ4n) is 2.81. The van der Waals surface area contributed by atoms with Crippen molar-refractivity contribution in [3.63, 3.8) is 0 Å². The van der Waals surface area contributed by atoms with E-state index in [0.717, 1.165) is 5.56 Å². The predicted molar refractivity (Wildman–Crippen MR) is 111 cm³/mol. The Morgan fingerprint density at radius 3 is 2.77 bits per heavy atom. The lowest BCUT2D eigenvalue weighted by molar-refractivity contribution is 0.101. The van der Waals surface area contributed by atoms with Crippen LogP contribution in [0.3, 0.4) is 0 Å². The molecule has 0 aliphatic heterocycles. The fraction of sp³-hybridized carbons (Fsp3) is 0.100. The normalized spacial score (nSPS) is 10.7. The number of nitrogens with one attached hydrogen (secondary N) is 2. The number of aryl methyl sites for hydroxylation is 1. The molecule has 10 heteroatoms. The first-order valence-corrected chi connectivity index (χ1v) is 9.83. The molecule has 8 nitrogen and oxygen atoms in total. The van der Waals surface area contributed by atoms with Crippen LogP contribution in [-0.4, -0.2) is 31.4 Å². The van der Waals surface area contributed by atoms with E-state index < -0.39 is 5.91 Å². The van der Waals surface area contributed by atoms with Crippen molar-refractivity contribution in [1.82, 2.24) is 19.6 Å². The number of amides is 2. The summed E-state index contributed by atoms with van der Waals surface area (Å²) in [6, 6.07) is 11.2. The molecule has 0 radical (unpaired) electrons. The summed E-state index contributed by atoms with van der Waals surface area (Å²) in [6.45, 7) is 0.371. The smallest absolute Gasteiger partial charge is 0.276 e. The lowest BCUT2D eigenvalue weighted by atomic mass is 10.2. The standard InChI is InChI=1S/C20H17FN6O2S/c1-26-18(24-20(29)17-6-3-7-30-17)9-16(25-26)19(28)23-15-10-22-27(12-15)11-13-4-2-5-14(21)8-13/h2-10,12H,11H2,1H3,(H,23,28)(H,24,29). The third-order valence-electron chi connectivity index (χ3n) is 4.22. The van der Waals surface area contributed by atoms with Gasteiger partial charge >= 0.3 is 0 Å². The van der Waals surface area contributed by atoms with Crippen molar-refractivity contribution < 1.29 is 14.0 Å². The minimum atomic E-state index is -0.437. The van der Waals surface area contributed by atoms with Crippen LogP contribution in [0.5, 0.6) is 0 Å². The summed E-state index contributed by atoms with van der Waals surface area (Å²) < 4.78 is 16.3. The van der Waals surface area contributed by atoms with Crippen LogP contribution in [0.2, 0.25) is 0 Å². The van der Waals surface area contributed by atoms with Gasteiger partial charge in [-0.3, -0.25) is 19.0 Å². The summed E-state index contributed by atoms with van der Waals surface area (Å²) >= 11 is 1.32. The van der Waals surface area contributed by atoms with Gasteiger partial charge in [-0.2, -0.15) is 10.2 Å². The molecule has 0 saturated heterocycles. The molecule has 0 saturated carbocycles. The van der Waals surface area contributed by atoms with Crippen LogP contribution in [0.15, 0.2) is 60.2 Å². The van der Waals surface area contributed by atoms with Crippen molar-refractivity contribution in [2.75, 3.05) is 10.6 Å². The highest BCUT2D eigenvalue weighted by Crippen LogP contribution is 2.16. The second-order valence-corrected chi connectivity index (χ2v) is 7.43. The Morgan fingerprint density at radius 2 is 2.00 bits per heavy atom. The molecular weight excluding hydrogens is 407 g/mol. The minimum absolute atomic E-state index is 0.150. The third kappa shape index (κ3) is 4.44. The fourth-order valence-corrected chi connectivity index (χ4v) is 3.43. The molecule has 0 spiro atoms. The van der Waals surface area contributed by atoms with E-state index >= 15 is 0 Å². The van der Waals surface area contributed by atoms with E-state index in [1.54, 1.807) is 42.2 Å². The Labute approximate surface area is 175 Å². The first kappa shape index (κ1) is 19.5. The van der Waals surface area contributed by atoms with Gasteiger partial charge in [0.2, 0.25) is 0 Å². The molecule has 4 aromatic rings. The van der Waals surface area contributed by atoms with Crippen molar-refractivity contribution in [2.24, 2.45) is 7.05 Å². The molecule has 30 heavy (non-hydrogen) atoms. The third-order valence-corrected chi connectivity index (χ3v) is 5.09. The monoisotopic (exact) mass is 424 g/mol. The average Bonchev–Trinajstić information content (AvgIpc) is 3.44. The van der Waals surface area contributed by atoms with E-state index in [1.807, 2.05) is 5.38 Å². The molecular formula is C20H17FN6O2S. The molecule has 2 amide bonds. The molecule has 0 aliphatic rings. The average molecular weight is 424 g/mol. The number of halogens is 1. The van der Waals surface area contributed by atoms with Gasteiger partial charge in [0.05, 0.1) is 23.3 Å². The van der Waals surface area contributed by atoms with Crippen molar-refractivity contribution >= 4 is 34.7 Å². The van der Waals surface area contributed by atoms with Crippen LogP contribution in [0.1, 0.15) is 25.7 Å². The molecule has 2 N–H and O–H groups in total. The summed E-state index contributed by atoms with van der Waals surface area (Å²) in [6.07, 6.45) is 3.14. The Balaban J connectivity index is 1.41. The van der Waals surface area contributed by atoms with Crippen LogP contribution in [0.4, 0.5) is 15.9 Å². The Kier molecular flexibility index (Phi) is 5.40. The number of anilines is 2. The molecule has 4 rings (SSSR count). The quantitative estimate of drug-likeness (QED) is 0.496. The maximum absolute atomic E-state index is 13.3. The lowest BCUT2D eigenvalue weighted by Gasteiger charge is -2.02. The number of nitrogens with zero attached hydrogens (tertiary/aromatic N) is 4. The van der Waals surface area contributed by atoms with Crippen molar-refractivity contribution in [1.29, 1.82) is 0 Å². The molecule has 0 aliphatic carbocycles. The maximum Gasteiger partial charge on any atom is 0.276 e. The number of aromatic nitrogens is 4. The zero-order valence-corrected chi connectivity index (χ0v) is 16.7. The Morgan fingerprint density at radius 1 is 1.13 bits per heavy atom. The highest BCUT2D eigenvalue weighted by Gasteiger charge is 2.16. The molecule has 0 unspecified atom stereocenters. The predicted octanol–water partition coefficient (Wildman–Crippen LogP) is 3.37. The SMILES string of the molecule is Cn1nc(C(=O)Nc2cnn(Cc3cccc(F)c3)c2)cc1NC(=O)c1cccs1. The van der Waals surface area contributed by atoms with Gasteiger partial charge in [-0.1, -0.05) is 18.2 Å². The van der Waals surface area contributed by atoms with Crippen LogP contribution < -0.4 is 10.6 Å². The van der Waals surface area contributed by atoms with Crippen LogP contribution in [0, 0.1) is 5.82 Å². The van der Waals surface area contributed by atoms with E-state index in [2.05, 4.69) is 20.8 Å². The summed E-state index contributed by atoms with van der Waals surface area (Å²) in [5.41, 5.74) is 1.38. The van der Waals surface area contributed by atoms with Crippen LogP contribution in [0.25, 0.3) is 0 Å². The van der Waals surface area contributed by atoms with Gasteiger partial charge in [0.25, 0.3) is 11.8 Å². The maximum atomic E-state index is 13.3. The van der Waals surface area contributed by atoms with Crippen molar-refractivity contribution in [3.05, 3.63) is 82.2 Å².